The van der Waals surface area contributed by atoms with Gasteiger partial charge in [-0.25, -0.2) is 0 Å². The van der Waals surface area contributed by atoms with E-state index in [1.807, 2.05) is 13.0 Å². The maximum absolute atomic E-state index is 10.4. The zero-order chi connectivity index (χ0) is 17.1. The van der Waals surface area contributed by atoms with Crippen LogP contribution in [0.2, 0.25) is 18.1 Å². The summed E-state index contributed by atoms with van der Waals surface area (Å²) < 4.78 is 12.1. The standard InChI is InChI=1S/C16H31NO4Si/c1-11(17-20-6)12-9-10-13(18)15(14(12)19-5)21-22(7,8)16(2,3)4/h9-10,12-15,18H,1-8H3/b17-11+/t12-,13+,14-,15-/m1/s1. The molecule has 0 saturated heterocycles. The van der Waals surface area contributed by atoms with Crippen LogP contribution in [0.25, 0.3) is 0 Å². The molecular formula is C16H31NO4Si. The molecule has 0 aromatic carbocycles. The van der Waals surface area contributed by atoms with Crippen LogP contribution < -0.4 is 0 Å². The highest BCUT2D eigenvalue weighted by molar-refractivity contribution is 6.74. The van der Waals surface area contributed by atoms with Gasteiger partial charge in [0.05, 0.1) is 17.9 Å². The number of ether oxygens (including phenoxy) is 1. The molecule has 22 heavy (non-hydrogen) atoms. The fourth-order valence-corrected chi connectivity index (χ4v) is 3.68. The minimum Gasteiger partial charge on any atom is -0.408 e. The number of aliphatic hydroxyl groups excluding tert-OH is 1. The summed E-state index contributed by atoms with van der Waals surface area (Å²) in [7, 11) is 1.15. The second-order valence-electron chi connectivity index (χ2n) is 7.36. The van der Waals surface area contributed by atoms with Gasteiger partial charge in [-0.15, -0.1) is 0 Å². The second kappa shape index (κ2) is 7.25. The first kappa shape index (κ1) is 19.4. The van der Waals surface area contributed by atoms with Crippen LogP contribution >= 0.6 is 0 Å². The Hall–Kier alpha value is -0.693. The molecule has 4 atom stereocenters. The summed E-state index contributed by atoms with van der Waals surface area (Å²) in [5, 5.41) is 14.5. The average Bonchev–Trinajstić information content (AvgIpc) is 2.39. The van der Waals surface area contributed by atoms with E-state index in [-0.39, 0.29) is 17.1 Å². The van der Waals surface area contributed by atoms with Crippen LogP contribution in [0.15, 0.2) is 17.3 Å². The molecule has 128 valence electrons. The number of oxime groups is 1. The number of hydrogen-bond acceptors (Lipinski definition) is 5. The van der Waals surface area contributed by atoms with Gasteiger partial charge >= 0.3 is 0 Å². The van der Waals surface area contributed by atoms with Crippen molar-refractivity contribution in [2.24, 2.45) is 11.1 Å². The monoisotopic (exact) mass is 329 g/mol. The lowest BCUT2D eigenvalue weighted by molar-refractivity contribution is -0.0671. The summed E-state index contributed by atoms with van der Waals surface area (Å²) >= 11 is 0. The summed E-state index contributed by atoms with van der Waals surface area (Å²) in [6.45, 7) is 12.8. The highest BCUT2D eigenvalue weighted by Gasteiger charge is 2.45. The normalized spacial score (nSPS) is 30.5. The van der Waals surface area contributed by atoms with E-state index in [0.29, 0.717) is 0 Å². The van der Waals surface area contributed by atoms with Gasteiger partial charge in [0.1, 0.15) is 13.2 Å². The Morgan fingerprint density at radius 3 is 2.18 bits per heavy atom. The van der Waals surface area contributed by atoms with Gasteiger partial charge in [0.25, 0.3) is 0 Å². The Morgan fingerprint density at radius 1 is 1.14 bits per heavy atom. The van der Waals surface area contributed by atoms with Crippen LogP contribution in [0.5, 0.6) is 0 Å². The van der Waals surface area contributed by atoms with Crippen LogP contribution in [-0.4, -0.2) is 51.7 Å². The van der Waals surface area contributed by atoms with Crippen LogP contribution in [0.1, 0.15) is 27.7 Å². The predicted molar refractivity (Wildman–Crippen MR) is 91.6 cm³/mol. The van der Waals surface area contributed by atoms with Crippen LogP contribution in [-0.2, 0) is 14.0 Å². The first-order valence-corrected chi connectivity index (χ1v) is 10.6. The van der Waals surface area contributed by atoms with Crippen molar-refractivity contribution in [3.05, 3.63) is 12.2 Å². The van der Waals surface area contributed by atoms with Gasteiger partial charge in [-0.05, 0) is 25.1 Å². The summed E-state index contributed by atoms with van der Waals surface area (Å²) in [6, 6.07) is 0. The van der Waals surface area contributed by atoms with Gasteiger partial charge in [0.2, 0.25) is 0 Å². The van der Waals surface area contributed by atoms with Crippen molar-refractivity contribution in [1.82, 2.24) is 0 Å². The zero-order valence-electron chi connectivity index (χ0n) is 15.1. The lowest BCUT2D eigenvalue weighted by Gasteiger charge is -2.44. The number of nitrogens with zero attached hydrogens (tertiary/aromatic N) is 1. The van der Waals surface area contributed by atoms with Gasteiger partial charge in [0, 0.05) is 13.0 Å². The molecule has 0 amide bonds. The number of aliphatic hydroxyl groups is 1. The molecular weight excluding hydrogens is 298 g/mol. The molecule has 1 rings (SSSR count). The molecule has 0 fully saturated rings. The van der Waals surface area contributed by atoms with Gasteiger partial charge in [0.15, 0.2) is 8.32 Å². The zero-order valence-corrected chi connectivity index (χ0v) is 16.1. The molecule has 0 spiro atoms. The van der Waals surface area contributed by atoms with E-state index in [1.165, 1.54) is 7.11 Å². The van der Waals surface area contributed by atoms with E-state index in [9.17, 15) is 5.11 Å². The molecule has 5 nitrogen and oxygen atoms in total. The first-order valence-electron chi connectivity index (χ1n) is 7.70. The van der Waals surface area contributed by atoms with E-state index in [4.69, 9.17) is 14.0 Å². The third kappa shape index (κ3) is 4.19. The molecule has 0 aromatic rings. The maximum Gasteiger partial charge on any atom is 0.192 e. The molecule has 0 bridgehead atoms. The smallest absolute Gasteiger partial charge is 0.192 e. The fourth-order valence-electron chi connectivity index (χ4n) is 2.37. The minimum atomic E-state index is -2.02. The van der Waals surface area contributed by atoms with Crippen molar-refractivity contribution < 1.29 is 19.1 Å². The van der Waals surface area contributed by atoms with Gasteiger partial charge in [-0.2, -0.15) is 0 Å². The molecule has 0 saturated carbocycles. The number of methoxy groups -OCH3 is 1. The predicted octanol–water partition coefficient (Wildman–Crippen LogP) is 2.96. The largest absolute Gasteiger partial charge is 0.408 e. The summed E-state index contributed by atoms with van der Waals surface area (Å²) in [4.78, 5) is 4.87. The van der Waals surface area contributed by atoms with Crippen molar-refractivity contribution >= 4 is 14.0 Å². The maximum atomic E-state index is 10.4. The minimum absolute atomic E-state index is 0.0666. The highest BCUT2D eigenvalue weighted by Crippen LogP contribution is 2.39. The molecule has 0 aliphatic heterocycles. The summed E-state index contributed by atoms with van der Waals surface area (Å²) in [5.74, 6) is -0.0666. The van der Waals surface area contributed by atoms with E-state index in [2.05, 4.69) is 39.0 Å². The molecule has 0 aromatic heterocycles. The van der Waals surface area contributed by atoms with Crippen molar-refractivity contribution in [2.45, 2.75) is 64.1 Å². The molecule has 1 aliphatic rings. The first-order chi connectivity index (χ1) is 10.0. The van der Waals surface area contributed by atoms with Crippen molar-refractivity contribution in [3.8, 4) is 0 Å². The van der Waals surface area contributed by atoms with E-state index >= 15 is 0 Å². The van der Waals surface area contributed by atoms with E-state index in [0.717, 1.165) is 5.71 Å². The summed E-state index contributed by atoms with van der Waals surface area (Å²) in [6.07, 6.45) is 2.33. The quantitative estimate of drug-likeness (QED) is 0.365. The van der Waals surface area contributed by atoms with Crippen LogP contribution in [0.3, 0.4) is 0 Å². The molecule has 0 radical (unpaired) electrons. The third-order valence-corrected chi connectivity index (χ3v) is 9.23. The van der Waals surface area contributed by atoms with Gasteiger partial charge in [-0.1, -0.05) is 38.1 Å². The van der Waals surface area contributed by atoms with Crippen molar-refractivity contribution in [2.75, 3.05) is 14.2 Å². The third-order valence-electron chi connectivity index (χ3n) is 4.76. The lowest BCUT2D eigenvalue weighted by Crippen LogP contribution is -2.55. The lowest BCUT2D eigenvalue weighted by atomic mass is 9.86. The van der Waals surface area contributed by atoms with Crippen molar-refractivity contribution in [1.29, 1.82) is 0 Å². The van der Waals surface area contributed by atoms with Crippen LogP contribution in [0.4, 0.5) is 0 Å². The van der Waals surface area contributed by atoms with E-state index < -0.39 is 20.5 Å². The Kier molecular flexibility index (Phi) is 6.38. The Morgan fingerprint density at radius 2 is 1.73 bits per heavy atom. The SMILES string of the molecule is CO/N=C(\C)[C@H]1C=C[C@H](O)[C@@H](O[Si](C)(C)C(C)(C)C)[C@@H]1OC. The number of rotatable bonds is 5. The molecule has 0 heterocycles. The molecule has 0 unspecified atom stereocenters. The number of hydrogen-bond donors (Lipinski definition) is 1. The van der Waals surface area contributed by atoms with Gasteiger partial charge < -0.3 is 19.1 Å². The fraction of sp³-hybridized carbons (Fsp3) is 0.812. The topological polar surface area (TPSA) is 60.3 Å². The Bertz CT molecular complexity index is 428. The van der Waals surface area contributed by atoms with E-state index in [1.54, 1.807) is 13.2 Å². The molecule has 1 aliphatic carbocycles. The van der Waals surface area contributed by atoms with Crippen LogP contribution in [0, 0.1) is 5.92 Å². The molecule has 1 N–H and O–H groups in total. The molecule has 6 heteroatoms. The second-order valence-corrected chi connectivity index (χ2v) is 12.1. The average molecular weight is 330 g/mol. The van der Waals surface area contributed by atoms with Gasteiger partial charge in [-0.3, -0.25) is 0 Å². The Balaban J connectivity index is 3.07. The summed E-state index contributed by atoms with van der Waals surface area (Å²) in [5.41, 5.74) is 0.807. The Labute approximate surface area is 135 Å². The van der Waals surface area contributed by atoms with Crippen molar-refractivity contribution in [3.63, 3.8) is 0 Å². The highest BCUT2D eigenvalue weighted by atomic mass is 28.4.